The minimum atomic E-state index is 0.741. The van der Waals surface area contributed by atoms with Crippen molar-refractivity contribution in [2.75, 3.05) is 6.54 Å². The highest BCUT2D eigenvalue weighted by molar-refractivity contribution is 6.35. The van der Waals surface area contributed by atoms with Gasteiger partial charge in [-0.1, -0.05) is 40.9 Å². The van der Waals surface area contributed by atoms with Crippen LogP contribution in [0, 0.1) is 0 Å². The number of allylic oxidation sites excluding steroid dienone is 1. The molecule has 0 heterocycles. The molecule has 0 amide bonds. The zero-order valence-corrected chi connectivity index (χ0v) is 11.3. The molecule has 0 fully saturated rings. The van der Waals surface area contributed by atoms with Gasteiger partial charge in [0.25, 0.3) is 0 Å². The summed E-state index contributed by atoms with van der Waals surface area (Å²) >= 11 is 12.2. The van der Waals surface area contributed by atoms with Crippen LogP contribution in [0.15, 0.2) is 29.8 Å². The van der Waals surface area contributed by atoms with Crippen LogP contribution >= 0.6 is 23.2 Å². The normalized spacial score (nSPS) is 15.1. The van der Waals surface area contributed by atoms with Gasteiger partial charge in [-0.25, -0.2) is 0 Å². The van der Waals surface area contributed by atoms with E-state index in [9.17, 15) is 0 Å². The largest absolute Gasteiger partial charge is 0.312 e. The minimum Gasteiger partial charge on any atom is -0.312 e. The Morgan fingerprint density at radius 1 is 1.18 bits per heavy atom. The lowest BCUT2D eigenvalue weighted by molar-refractivity contribution is 0.676. The van der Waals surface area contributed by atoms with Crippen LogP contribution in [0.2, 0.25) is 10.0 Å². The first kappa shape index (κ1) is 12.9. The van der Waals surface area contributed by atoms with Gasteiger partial charge in [0.05, 0.1) is 0 Å². The van der Waals surface area contributed by atoms with Crippen molar-refractivity contribution >= 4 is 23.2 Å². The molecule has 17 heavy (non-hydrogen) atoms. The Kier molecular flexibility index (Phi) is 4.90. The van der Waals surface area contributed by atoms with Crippen molar-refractivity contribution in [3.8, 4) is 0 Å². The summed E-state index contributed by atoms with van der Waals surface area (Å²) in [5.74, 6) is 0. The van der Waals surface area contributed by atoms with E-state index in [2.05, 4.69) is 11.4 Å². The van der Waals surface area contributed by atoms with E-state index in [0.717, 1.165) is 35.1 Å². The molecule has 0 atom stereocenters. The summed E-state index contributed by atoms with van der Waals surface area (Å²) in [6, 6.07) is 5.63. The molecule has 0 spiro atoms. The molecular weight excluding hydrogens is 253 g/mol. The molecule has 0 saturated heterocycles. The van der Waals surface area contributed by atoms with Crippen LogP contribution in [0.4, 0.5) is 0 Å². The highest BCUT2D eigenvalue weighted by atomic mass is 35.5. The van der Waals surface area contributed by atoms with Crippen LogP contribution in [0.3, 0.4) is 0 Å². The van der Waals surface area contributed by atoms with Crippen LogP contribution in [-0.4, -0.2) is 6.54 Å². The van der Waals surface area contributed by atoms with Crippen molar-refractivity contribution in [3.63, 3.8) is 0 Å². The molecule has 2 rings (SSSR count). The van der Waals surface area contributed by atoms with Gasteiger partial charge < -0.3 is 5.32 Å². The molecule has 92 valence electrons. The Morgan fingerprint density at radius 3 is 2.59 bits per heavy atom. The highest BCUT2D eigenvalue weighted by Crippen LogP contribution is 2.24. The van der Waals surface area contributed by atoms with Crippen LogP contribution in [0.5, 0.6) is 0 Å². The van der Waals surface area contributed by atoms with Crippen molar-refractivity contribution in [2.24, 2.45) is 0 Å². The van der Waals surface area contributed by atoms with Crippen molar-refractivity contribution in [2.45, 2.75) is 32.2 Å². The van der Waals surface area contributed by atoms with Crippen molar-refractivity contribution < 1.29 is 0 Å². The molecule has 0 radical (unpaired) electrons. The summed E-state index contributed by atoms with van der Waals surface area (Å²) in [6.07, 6.45) is 7.36. The van der Waals surface area contributed by atoms with Gasteiger partial charge in [-0.2, -0.15) is 0 Å². The molecule has 0 bridgehead atoms. The smallest absolute Gasteiger partial charge is 0.0465 e. The quantitative estimate of drug-likeness (QED) is 0.609. The monoisotopic (exact) mass is 269 g/mol. The van der Waals surface area contributed by atoms with Crippen LogP contribution in [0.1, 0.15) is 31.2 Å². The lowest BCUT2D eigenvalue weighted by Gasteiger charge is -2.09. The highest BCUT2D eigenvalue weighted by Gasteiger charge is 2.06. The topological polar surface area (TPSA) is 12.0 Å². The van der Waals surface area contributed by atoms with Crippen molar-refractivity contribution in [3.05, 3.63) is 45.5 Å². The van der Waals surface area contributed by atoms with E-state index >= 15 is 0 Å². The summed E-state index contributed by atoms with van der Waals surface area (Å²) in [5, 5.41) is 4.88. The van der Waals surface area contributed by atoms with Crippen molar-refractivity contribution in [1.29, 1.82) is 0 Å². The average Bonchev–Trinajstić information content (AvgIpc) is 2.80. The summed E-state index contributed by atoms with van der Waals surface area (Å²) in [7, 11) is 0. The van der Waals surface area contributed by atoms with Gasteiger partial charge in [-0.05, 0) is 44.4 Å². The van der Waals surface area contributed by atoms with E-state index in [4.69, 9.17) is 23.2 Å². The zero-order valence-electron chi connectivity index (χ0n) is 9.81. The predicted molar refractivity (Wildman–Crippen MR) is 74.7 cm³/mol. The fourth-order valence-corrected chi connectivity index (χ4v) is 2.66. The van der Waals surface area contributed by atoms with E-state index in [1.165, 1.54) is 19.3 Å². The fourth-order valence-electron chi connectivity index (χ4n) is 2.13. The Hall–Kier alpha value is -0.500. The maximum Gasteiger partial charge on any atom is 0.0465 e. The maximum atomic E-state index is 6.10. The molecule has 3 heteroatoms. The van der Waals surface area contributed by atoms with Gasteiger partial charge in [0, 0.05) is 22.2 Å². The molecule has 1 aliphatic rings. The van der Waals surface area contributed by atoms with Gasteiger partial charge in [0.2, 0.25) is 0 Å². The second-order valence-corrected chi connectivity index (χ2v) is 5.20. The average molecular weight is 270 g/mol. The Morgan fingerprint density at radius 2 is 1.94 bits per heavy atom. The Bertz CT molecular complexity index is 392. The van der Waals surface area contributed by atoms with Gasteiger partial charge in [-0.3, -0.25) is 0 Å². The van der Waals surface area contributed by atoms with Gasteiger partial charge in [-0.15, -0.1) is 0 Å². The van der Waals surface area contributed by atoms with Crippen LogP contribution < -0.4 is 5.32 Å². The van der Waals surface area contributed by atoms with Gasteiger partial charge in [0.15, 0.2) is 0 Å². The third-order valence-electron chi connectivity index (χ3n) is 3.12. The van der Waals surface area contributed by atoms with Crippen molar-refractivity contribution in [1.82, 2.24) is 5.32 Å². The molecule has 1 nitrogen and oxygen atoms in total. The molecule has 1 N–H and O–H groups in total. The standard InChI is InChI=1S/C14H17Cl2N/c15-13-6-3-7-14(16)12(13)10-17-9-8-11-4-1-2-5-11/h3-4,6-7,17H,1-2,5,8-10H2. The van der Waals surface area contributed by atoms with Crippen LogP contribution in [-0.2, 0) is 6.54 Å². The SMILES string of the molecule is Clc1cccc(Cl)c1CNCCC1=CCCC1. The summed E-state index contributed by atoms with van der Waals surface area (Å²) in [6.45, 7) is 1.74. The second-order valence-electron chi connectivity index (χ2n) is 4.38. The van der Waals surface area contributed by atoms with Crippen LogP contribution in [0.25, 0.3) is 0 Å². The predicted octanol–water partition coefficient (Wildman–Crippen LogP) is 4.58. The van der Waals surface area contributed by atoms with E-state index < -0.39 is 0 Å². The Balaban J connectivity index is 1.78. The molecule has 0 aromatic heterocycles. The number of halogens is 2. The van der Waals surface area contributed by atoms with E-state index in [0.29, 0.717) is 0 Å². The number of hydrogen-bond acceptors (Lipinski definition) is 1. The molecule has 0 saturated carbocycles. The van der Waals surface area contributed by atoms with E-state index in [1.807, 2.05) is 18.2 Å². The second kappa shape index (κ2) is 6.44. The fraction of sp³-hybridized carbons (Fsp3) is 0.429. The molecule has 1 aliphatic carbocycles. The number of benzene rings is 1. The first-order valence-corrected chi connectivity index (χ1v) is 6.84. The summed E-state index contributed by atoms with van der Waals surface area (Å²) in [4.78, 5) is 0. The number of nitrogens with one attached hydrogen (secondary N) is 1. The summed E-state index contributed by atoms with van der Waals surface area (Å²) in [5.41, 5.74) is 2.58. The number of rotatable bonds is 5. The van der Waals surface area contributed by atoms with E-state index in [1.54, 1.807) is 5.57 Å². The minimum absolute atomic E-state index is 0.741. The number of hydrogen-bond donors (Lipinski definition) is 1. The first-order chi connectivity index (χ1) is 8.27. The maximum absolute atomic E-state index is 6.10. The Labute approximate surface area is 113 Å². The molecule has 1 aromatic carbocycles. The molecule has 0 aliphatic heterocycles. The zero-order chi connectivity index (χ0) is 12.1. The first-order valence-electron chi connectivity index (χ1n) is 6.09. The lowest BCUT2D eigenvalue weighted by Crippen LogP contribution is -2.15. The third kappa shape index (κ3) is 3.74. The summed E-state index contributed by atoms with van der Waals surface area (Å²) < 4.78 is 0. The van der Waals surface area contributed by atoms with Gasteiger partial charge in [0.1, 0.15) is 0 Å². The lowest BCUT2D eigenvalue weighted by atomic mass is 10.1. The third-order valence-corrected chi connectivity index (χ3v) is 3.83. The van der Waals surface area contributed by atoms with E-state index in [-0.39, 0.29) is 0 Å². The molecule has 1 aromatic rings. The molecular formula is C14H17Cl2N. The molecule has 0 unspecified atom stereocenters. The van der Waals surface area contributed by atoms with Gasteiger partial charge >= 0.3 is 0 Å².